The molecule has 1 unspecified atom stereocenters. The number of hydrogen-bond donors (Lipinski definition) is 2. The summed E-state index contributed by atoms with van der Waals surface area (Å²) in [6.45, 7) is 5.37. The Morgan fingerprint density at radius 2 is 1.87 bits per heavy atom. The third-order valence-corrected chi connectivity index (χ3v) is 7.12. The van der Waals surface area contributed by atoms with Crippen molar-refractivity contribution in [1.82, 2.24) is 5.32 Å². The smallest absolute Gasteiger partial charge is 0.333 e. The van der Waals surface area contributed by atoms with Crippen molar-refractivity contribution < 1.29 is 37.7 Å². The summed E-state index contributed by atoms with van der Waals surface area (Å²) in [6, 6.07) is 8.53. The maximum atomic E-state index is 13.0. The zero-order valence-corrected chi connectivity index (χ0v) is 18.3. The monoisotopic (exact) mass is 443 g/mol. The summed E-state index contributed by atoms with van der Waals surface area (Å²) >= 11 is 0. The van der Waals surface area contributed by atoms with Crippen LogP contribution in [0.4, 0.5) is 0 Å². The standard InChI is InChI=1S/C20H30NO8P/c1-4-26-30(24,27-5-2)12-16-17(21-13(3)22)18(23)19-15(28-16)11-25-20(29-19)14-9-7-6-8-10-14/h6-10,15-20,23H,4-5,11-12H2,1-3H3,(H,21,22)/t15-,16+,17-,18-,19-,20?/m1/s1. The van der Waals surface area contributed by atoms with E-state index >= 15 is 0 Å². The lowest BCUT2D eigenvalue weighted by molar-refractivity contribution is -0.313. The van der Waals surface area contributed by atoms with Gasteiger partial charge in [-0.05, 0) is 13.8 Å². The van der Waals surface area contributed by atoms with E-state index in [1.54, 1.807) is 13.8 Å². The summed E-state index contributed by atoms with van der Waals surface area (Å²) in [4.78, 5) is 11.8. The number of nitrogens with one attached hydrogen (secondary N) is 1. The second-order valence-corrected chi connectivity index (χ2v) is 9.34. The van der Waals surface area contributed by atoms with Gasteiger partial charge in [0.15, 0.2) is 6.29 Å². The highest BCUT2D eigenvalue weighted by Crippen LogP contribution is 2.50. The minimum absolute atomic E-state index is 0.109. The molecule has 2 heterocycles. The molecule has 0 aliphatic carbocycles. The molecule has 2 aliphatic rings. The fraction of sp³-hybridized carbons (Fsp3) is 0.650. The molecule has 1 amide bonds. The van der Waals surface area contributed by atoms with E-state index in [1.165, 1.54) is 6.92 Å². The van der Waals surface area contributed by atoms with E-state index in [9.17, 15) is 14.5 Å². The van der Waals surface area contributed by atoms with Gasteiger partial charge in [-0.3, -0.25) is 9.36 Å². The maximum Gasteiger partial charge on any atom is 0.333 e. The molecule has 1 aromatic rings. The van der Waals surface area contributed by atoms with Crippen molar-refractivity contribution >= 4 is 13.5 Å². The number of ether oxygens (including phenoxy) is 3. The van der Waals surface area contributed by atoms with Gasteiger partial charge in [0.1, 0.15) is 18.3 Å². The summed E-state index contributed by atoms with van der Waals surface area (Å²) in [6.07, 6.45) is -3.97. The van der Waals surface area contributed by atoms with Gasteiger partial charge in [0.25, 0.3) is 0 Å². The predicted molar refractivity (Wildman–Crippen MR) is 108 cm³/mol. The van der Waals surface area contributed by atoms with Crippen LogP contribution < -0.4 is 5.32 Å². The number of aliphatic hydroxyl groups excluding tert-OH is 1. The van der Waals surface area contributed by atoms with Crippen LogP contribution in [0.2, 0.25) is 0 Å². The highest BCUT2D eigenvalue weighted by Gasteiger charge is 2.51. The Bertz CT molecular complexity index is 738. The van der Waals surface area contributed by atoms with E-state index in [0.29, 0.717) is 0 Å². The molecule has 0 bridgehead atoms. The van der Waals surface area contributed by atoms with Gasteiger partial charge in [-0.15, -0.1) is 0 Å². The van der Waals surface area contributed by atoms with E-state index < -0.39 is 44.3 Å². The van der Waals surface area contributed by atoms with E-state index in [-0.39, 0.29) is 31.9 Å². The van der Waals surface area contributed by atoms with Gasteiger partial charge in [0.05, 0.1) is 38.1 Å². The molecular formula is C20H30NO8P. The second kappa shape index (κ2) is 10.3. The Kier molecular flexibility index (Phi) is 8.04. The van der Waals surface area contributed by atoms with Crippen molar-refractivity contribution in [2.75, 3.05) is 26.0 Å². The molecule has 2 aliphatic heterocycles. The van der Waals surface area contributed by atoms with Gasteiger partial charge in [0, 0.05) is 12.5 Å². The number of amides is 1. The van der Waals surface area contributed by atoms with Gasteiger partial charge >= 0.3 is 7.60 Å². The number of carbonyl (C=O) groups excluding carboxylic acids is 1. The molecule has 2 N–H and O–H groups in total. The lowest BCUT2D eigenvalue weighted by atomic mass is 9.92. The van der Waals surface area contributed by atoms with Crippen molar-refractivity contribution in [2.45, 2.75) is 57.5 Å². The number of fused-ring (bicyclic) bond motifs is 1. The molecule has 0 aromatic heterocycles. The molecule has 168 valence electrons. The zero-order valence-electron chi connectivity index (χ0n) is 17.4. The molecule has 0 saturated carbocycles. The van der Waals surface area contributed by atoms with E-state index in [4.69, 9.17) is 23.3 Å². The molecule has 30 heavy (non-hydrogen) atoms. The Hall–Kier alpha value is -1.32. The minimum Gasteiger partial charge on any atom is -0.388 e. The fourth-order valence-corrected chi connectivity index (χ4v) is 5.63. The van der Waals surface area contributed by atoms with Crippen molar-refractivity contribution in [3.05, 3.63) is 35.9 Å². The summed E-state index contributed by atoms with van der Waals surface area (Å²) in [7, 11) is -3.47. The van der Waals surface area contributed by atoms with E-state index in [0.717, 1.165) is 5.56 Å². The highest BCUT2D eigenvalue weighted by molar-refractivity contribution is 7.53. The first-order valence-electron chi connectivity index (χ1n) is 10.2. The van der Waals surface area contributed by atoms with Crippen molar-refractivity contribution in [1.29, 1.82) is 0 Å². The van der Waals surface area contributed by atoms with Crippen LogP contribution in [0, 0.1) is 0 Å². The molecule has 10 heteroatoms. The first-order valence-corrected chi connectivity index (χ1v) is 11.9. The number of carbonyl (C=O) groups is 1. The largest absolute Gasteiger partial charge is 0.388 e. The van der Waals surface area contributed by atoms with Crippen LogP contribution in [-0.2, 0) is 32.6 Å². The molecule has 0 spiro atoms. The van der Waals surface area contributed by atoms with Crippen molar-refractivity contribution in [3.8, 4) is 0 Å². The first-order chi connectivity index (χ1) is 14.4. The van der Waals surface area contributed by atoms with Gasteiger partial charge in [-0.1, -0.05) is 30.3 Å². The zero-order chi connectivity index (χ0) is 21.7. The molecular weight excluding hydrogens is 413 g/mol. The predicted octanol–water partition coefficient (Wildman–Crippen LogP) is 2.00. The first kappa shape index (κ1) is 23.3. The van der Waals surface area contributed by atoms with Crippen molar-refractivity contribution in [2.24, 2.45) is 0 Å². The second-order valence-electron chi connectivity index (χ2n) is 7.24. The SMILES string of the molecule is CCOP(=O)(C[C@@H]1O[C@@H]2COC(c3ccccc3)O[C@H]2[C@H](O)[C@@H]1NC(C)=O)OCC. The molecule has 0 radical (unpaired) electrons. The third kappa shape index (κ3) is 5.48. The van der Waals surface area contributed by atoms with Crippen LogP contribution in [0.1, 0.15) is 32.6 Å². The Morgan fingerprint density at radius 3 is 2.47 bits per heavy atom. The average molecular weight is 443 g/mol. The quantitative estimate of drug-likeness (QED) is 0.587. The van der Waals surface area contributed by atoms with Gasteiger partial charge in [-0.25, -0.2) is 0 Å². The summed E-state index contributed by atoms with van der Waals surface area (Å²) < 4.78 is 41.7. The third-order valence-electron chi connectivity index (χ3n) is 5.01. The molecule has 2 fully saturated rings. The van der Waals surface area contributed by atoms with Crippen LogP contribution >= 0.6 is 7.60 Å². The molecule has 6 atom stereocenters. The minimum atomic E-state index is -3.47. The number of aliphatic hydroxyl groups is 1. The Labute approximate surface area is 176 Å². The van der Waals surface area contributed by atoms with E-state index in [1.807, 2.05) is 30.3 Å². The average Bonchev–Trinajstić information content (AvgIpc) is 2.71. The van der Waals surface area contributed by atoms with Crippen LogP contribution in [0.3, 0.4) is 0 Å². The number of benzene rings is 1. The van der Waals surface area contributed by atoms with Crippen LogP contribution in [0.25, 0.3) is 0 Å². The molecule has 1 aromatic carbocycles. The van der Waals surface area contributed by atoms with E-state index in [2.05, 4.69) is 5.32 Å². The van der Waals surface area contributed by atoms with Gasteiger partial charge < -0.3 is 33.7 Å². The maximum absolute atomic E-state index is 13.0. The highest BCUT2D eigenvalue weighted by atomic mass is 31.2. The summed E-state index contributed by atoms with van der Waals surface area (Å²) in [5.74, 6) is -0.347. The Balaban J connectivity index is 1.79. The summed E-state index contributed by atoms with van der Waals surface area (Å²) in [5.41, 5.74) is 0.818. The van der Waals surface area contributed by atoms with Crippen LogP contribution in [0.5, 0.6) is 0 Å². The fourth-order valence-electron chi connectivity index (χ4n) is 3.81. The normalized spacial score (nSPS) is 31.7. The molecule has 9 nitrogen and oxygen atoms in total. The molecule has 2 saturated heterocycles. The lowest BCUT2D eigenvalue weighted by Gasteiger charge is -2.48. The van der Waals surface area contributed by atoms with Crippen LogP contribution in [0.15, 0.2) is 30.3 Å². The van der Waals surface area contributed by atoms with Gasteiger partial charge in [-0.2, -0.15) is 0 Å². The Morgan fingerprint density at radius 1 is 1.20 bits per heavy atom. The molecule has 3 rings (SSSR count). The van der Waals surface area contributed by atoms with Gasteiger partial charge in [0.2, 0.25) is 5.91 Å². The number of hydrogen-bond acceptors (Lipinski definition) is 8. The van der Waals surface area contributed by atoms with Crippen molar-refractivity contribution in [3.63, 3.8) is 0 Å². The lowest BCUT2D eigenvalue weighted by Crippen LogP contribution is -2.66. The summed E-state index contributed by atoms with van der Waals surface area (Å²) in [5, 5.41) is 13.8. The topological polar surface area (TPSA) is 113 Å². The number of rotatable bonds is 8. The van der Waals surface area contributed by atoms with Crippen LogP contribution in [-0.4, -0.2) is 67.5 Å².